The molecule has 1 saturated heterocycles. The van der Waals surface area contributed by atoms with Gasteiger partial charge in [0.25, 0.3) is 0 Å². The Kier molecular flexibility index (Phi) is 4.74. The second-order valence-electron chi connectivity index (χ2n) is 6.40. The number of urea groups is 1. The van der Waals surface area contributed by atoms with Gasteiger partial charge in [0.2, 0.25) is 5.91 Å². The van der Waals surface area contributed by atoms with Gasteiger partial charge in [0.1, 0.15) is 11.3 Å². The number of nitrogens with zero attached hydrogens (tertiary/aromatic N) is 2. The van der Waals surface area contributed by atoms with Crippen LogP contribution >= 0.6 is 0 Å². The topological polar surface area (TPSA) is 65.8 Å². The molecule has 1 N–H and O–H groups in total. The van der Waals surface area contributed by atoms with E-state index in [0.717, 1.165) is 29.6 Å². The molecule has 1 aliphatic heterocycles. The summed E-state index contributed by atoms with van der Waals surface area (Å²) in [6.45, 7) is 1.58. The first-order valence-corrected chi connectivity index (χ1v) is 8.26. The van der Waals surface area contributed by atoms with Gasteiger partial charge in [-0.15, -0.1) is 0 Å². The van der Waals surface area contributed by atoms with Gasteiger partial charge in [-0.1, -0.05) is 18.2 Å². The SMILES string of the molecule is CN(C)C(=O)C1CCN(C(=O)NCc2cc3ccccc3o2)CC1. The standard InChI is InChI=1S/C18H23N3O3/c1-20(2)17(22)13-7-9-21(10-8-13)18(23)19-12-15-11-14-5-3-4-6-16(14)24-15/h3-6,11,13H,7-10,12H2,1-2H3,(H,19,23). The first kappa shape index (κ1) is 16.4. The van der Waals surface area contributed by atoms with Gasteiger partial charge in [0.05, 0.1) is 6.54 Å². The molecule has 0 unspecified atom stereocenters. The Morgan fingerprint density at radius 1 is 1.25 bits per heavy atom. The van der Waals surface area contributed by atoms with E-state index in [9.17, 15) is 9.59 Å². The van der Waals surface area contributed by atoms with Crippen LogP contribution in [0.4, 0.5) is 4.79 Å². The summed E-state index contributed by atoms with van der Waals surface area (Å²) in [5.41, 5.74) is 0.824. The van der Waals surface area contributed by atoms with Crippen molar-refractivity contribution in [2.24, 2.45) is 5.92 Å². The summed E-state index contributed by atoms with van der Waals surface area (Å²) in [6, 6.07) is 9.61. The number of piperidine rings is 1. The van der Waals surface area contributed by atoms with Crippen LogP contribution in [-0.4, -0.2) is 48.9 Å². The molecule has 0 bridgehead atoms. The van der Waals surface area contributed by atoms with Crippen molar-refractivity contribution in [1.29, 1.82) is 0 Å². The summed E-state index contributed by atoms with van der Waals surface area (Å²) >= 11 is 0. The summed E-state index contributed by atoms with van der Waals surface area (Å²) in [7, 11) is 3.55. The summed E-state index contributed by atoms with van der Waals surface area (Å²) in [5, 5.41) is 3.93. The number of carbonyl (C=O) groups excluding carboxylic acids is 2. The lowest BCUT2D eigenvalue weighted by atomic mass is 9.96. The largest absolute Gasteiger partial charge is 0.459 e. The van der Waals surface area contributed by atoms with Crippen LogP contribution in [0.15, 0.2) is 34.7 Å². The number of rotatable bonds is 3. The molecule has 1 fully saturated rings. The Labute approximate surface area is 141 Å². The highest BCUT2D eigenvalue weighted by atomic mass is 16.3. The fourth-order valence-corrected chi connectivity index (χ4v) is 3.09. The second kappa shape index (κ2) is 6.95. The fraction of sp³-hybridized carbons (Fsp3) is 0.444. The maximum atomic E-state index is 12.3. The van der Waals surface area contributed by atoms with Gasteiger partial charge in [-0.05, 0) is 25.0 Å². The van der Waals surface area contributed by atoms with Crippen molar-refractivity contribution >= 4 is 22.9 Å². The van der Waals surface area contributed by atoms with Gasteiger partial charge in [-0.2, -0.15) is 0 Å². The number of fused-ring (bicyclic) bond motifs is 1. The van der Waals surface area contributed by atoms with Crippen molar-refractivity contribution in [3.05, 3.63) is 36.1 Å². The van der Waals surface area contributed by atoms with Crippen molar-refractivity contribution in [1.82, 2.24) is 15.1 Å². The van der Waals surface area contributed by atoms with Crippen LogP contribution in [0.1, 0.15) is 18.6 Å². The number of para-hydroxylation sites is 1. The molecular weight excluding hydrogens is 306 g/mol. The van der Waals surface area contributed by atoms with Gasteiger partial charge < -0.3 is 19.5 Å². The number of nitrogens with one attached hydrogen (secondary N) is 1. The van der Waals surface area contributed by atoms with Crippen molar-refractivity contribution in [2.75, 3.05) is 27.2 Å². The van der Waals surface area contributed by atoms with Gasteiger partial charge >= 0.3 is 6.03 Å². The van der Waals surface area contributed by atoms with E-state index in [1.165, 1.54) is 0 Å². The van der Waals surface area contributed by atoms with Crippen LogP contribution in [-0.2, 0) is 11.3 Å². The monoisotopic (exact) mass is 329 g/mol. The molecule has 3 rings (SSSR count). The summed E-state index contributed by atoms with van der Waals surface area (Å²) in [5.74, 6) is 0.916. The minimum Gasteiger partial charge on any atom is -0.459 e. The van der Waals surface area contributed by atoms with Crippen LogP contribution in [0, 0.1) is 5.92 Å². The molecule has 24 heavy (non-hydrogen) atoms. The summed E-state index contributed by atoms with van der Waals surface area (Å²) in [4.78, 5) is 27.6. The molecule has 1 aromatic carbocycles. The van der Waals surface area contributed by atoms with E-state index in [0.29, 0.717) is 19.6 Å². The molecule has 0 saturated carbocycles. The highest BCUT2D eigenvalue weighted by Gasteiger charge is 2.28. The average molecular weight is 329 g/mol. The number of carbonyl (C=O) groups is 2. The van der Waals surface area contributed by atoms with Gasteiger partial charge in [-0.3, -0.25) is 4.79 Å². The van der Waals surface area contributed by atoms with E-state index in [4.69, 9.17) is 4.42 Å². The third kappa shape index (κ3) is 3.53. The Hall–Kier alpha value is -2.50. The molecule has 2 heterocycles. The number of amides is 3. The van der Waals surface area contributed by atoms with Crippen molar-refractivity contribution in [2.45, 2.75) is 19.4 Å². The van der Waals surface area contributed by atoms with E-state index < -0.39 is 0 Å². The Balaban J connectivity index is 1.50. The normalized spacial score (nSPS) is 15.5. The molecule has 128 valence electrons. The van der Waals surface area contributed by atoms with Crippen LogP contribution in [0.5, 0.6) is 0 Å². The van der Waals surface area contributed by atoms with Crippen LogP contribution in [0.2, 0.25) is 0 Å². The number of hydrogen-bond donors (Lipinski definition) is 1. The molecule has 6 heteroatoms. The fourth-order valence-electron chi connectivity index (χ4n) is 3.09. The van der Waals surface area contributed by atoms with Crippen molar-refractivity contribution < 1.29 is 14.0 Å². The van der Waals surface area contributed by atoms with Crippen LogP contribution < -0.4 is 5.32 Å². The molecule has 1 aromatic heterocycles. The highest BCUT2D eigenvalue weighted by Crippen LogP contribution is 2.20. The minimum atomic E-state index is -0.105. The van der Waals surface area contributed by atoms with Crippen molar-refractivity contribution in [3.8, 4) is 0 Å². The third-order valence-electron chi connectivity index (χ3n) is 4.46. The molecule has 3 amide bonds. The van der Waals surface area contributed by atoms with Gasteiger partial charge in [0, 0.05) is 38.5 Å². The maximum Gasteiger partial charge on any atom is 0.317 e. The number of benzene rings is 1. The maximum absolute atomic E-state index is 12.3. The van der Waals surface area contributed by atoms with E-state index in [1.807, 2.05) is 30.3 Å². The average Bonchev–Trinajstić information content (AvgIpc) is 3.02. The Morgan fingerprint density at radius 2 is 1.96 bits per heavy atom. The zero-order valence-corrected chi connectivity index (χ0v) is 14.1. The molecule has 1 aliphatic rings. The van der Waals surface area contributed by atoms with E-state index in [2.05, 4.69) is 5.32 Å². The van der Waals surface area contributed by atoms with Crippen molar-refractivity contribution in [3.63, 3.8) is 0 Å². The van der Waals surface area contributed by atoms with Gasteiger partial charge in [-0.25, -0.2) is 4.79 Å². The molecule has 0 aliphatic carbocycles. The number of likely N-dealkylation sites (tertiary alicyclic amines) is 1. The van der Waals surface area contributed by atoms with Crippen LogP contribution in [0.25, 0.3) is 11.0 Å². The van der Waals surface area contributed by atoms with Crippen LogP contribution in [0.3, 0.4) is 0 Å². The zero-order chi connectivity index (χ0) is 17.1. The minimum absolute atomic E-state index is 0.0272. The summed E-state index contributed by atoms with van der Waals surface area (Å²) < 4.78 is 5.70. The predicted molar refractivity (Wildman–Crippen MR) is 91.4 cm³/mol. The molecule has 2 aromatic rings. The first-order valence-electron chi connectivity index (χ1n) is 8.26. The highest BCUT2D eigenvalue weighted by molar-refractivity contribution is 5.80. The smallest absolute Gasteiger partial charge is 0.317 e. The predicted octanol–water partition coefficient (Wildman–Crippen LogP) is 2.44. The third-order valence-corrected chi connectivity index (χ3v) is 4.46. The van der Waals surface area contributed by atoms with E-state index in [-0.39, 0.29) is 17.9 Å². The molecule has 0 radical (unpaired) electrons. The lowest BCUT2D eigenvalue weighted by Crippen LogP contribution is -2.46. The lowest BCUT2D eigenvalue weighted by Gasteiger charge is -2.32. The van der Waals surface area contributed by atoms with E-state index in [1.54, 1.807) is 23.9 Å². The Bertz CT molecular complexity index is 697. The summed E-state index contributed by atoms with van der Waals surface area (Å²) in [6.07, 6.45) is 1.43. The first-order chi connectivity index (χ1) is 11.5. The molecule has 6 nitrogen and oxygen atoms in total. The van der Waals surface area contributed by atoms with E-state index >= 15 is 0 Å². The molecular formula is C18H23N3O3. The zero-order valence-electron chi connectivity index (χ0n) is 14.1. The Morgan fingerprint density at radius 3 is 2.62 bits per heavy atom. The second-order valence-corrected chi connectivity index (χ2v) is 6.40. The molecule has 0 spiro atoms. The number of furan rings is 1. The van der Waals surface area contributed by atoms with Gasteiger partial charge in [0.15, 0.2) is 0 Å². The lowest BCUT2D eigenvalue weighted by molar-refractivity contribution is -0.134. The molecule has 0 atom stereocenters. The quantitative estimate of drug-likeness (QED) is 0.940. The number of hydrogen-bond acceptors (Lipinski definition) is 3.